The van der Waals surface area contributed by atoms with Crippen LogP contribution in [-0.2, 0) is 0 Å². The van der Waals surface area contributed by atoms with Crippen LogP contribution in [0.4, 0.5) is 5.82 Å². The van der Waals surface area contributed by atoms with Crippen molar-refractivity contribution in [2.24, 2.45) is 0 Å². The maximum Gasteiger partial charge on any atom is 0.196 e. The summed E-state index contributed by atoms with van der Waals surface area (Å²) >= 11 is 1.57. The number of rotatable bonds is 3. The fraction of sp³-hybridized carbons (Fsp3) is 0.571. The summed E-state index contributed by atoms with van der Waals surface area (Å²) < 4.78 is 1.90. The molecule has 3 rings (SSSR count). The van der Waals surface area contributed by atoms with Crippen molar-refractivity contribution in [2.45, 2.75) is 25.8 Å². The number of nitrogens with zero attached hydrogens (tertiary/aromatic N) is 4. The predicted molar refractivity (Wildman–Crippen MR) is 82.0 cm³/mol. The van der Waals surface area contributed by atoms with Crippen molar-refractivity contribution in [3.63, 3.8) is 0 Å². The molecule has 1 aliphatic rings. The molecule has 5 nitrogen and oxygen atoms in total. The Bertz CT molecular complexity index is 605. The number of likely N-dealkylation sites (N-methyl/N-ethyl adjacent to an activating group) is 1. The van der Waals surface area contributed by atoms with Crippen molar-refractivity contribution in [3.05, 3.63) is 17.3 Å². The molecule has 0 aliphatic carbocycles. The molecule has 0 spiro atoms. The van der Waals surface area contributed by atoms with Gasteiger partial charge in [-0.3, -0.25) is 9.20 Å². The minimum Gasteiger partial charge on any atom is -0.350 e. The van der Waals surface area contributed by atoms with Crippen molar-refractivity contribution in [1.82, 2.24) is 14.3 Å². The molecule has 2 aromatic rings. The standard InChI is InChI=1S/C14H20N4OS/c1-3-11-9-16(2)5-4-6-17(11)13-12(10-19)18-7-8-20-14(18)15-13/h7-8,10-11H,3-6,9H2,1-2H3. The molecule has 0 aromatic carbocycles. The lowest BCUT2D eigenvalue weighted by molar-refractivity contribution is 0.111. The third-order valence-corrected chi connectivity index (χ3v) is 4.79. The summed E-state index contributed by atoms with van der Waals surface area (Å²) in [6.07, 6.45) is 5.03. The van der Waals surface area contributed by atoms with Gasteiger partial charge in [0.1, 0.15) is 5.69 Å². The van der Waals surface area contributed by atoms with Crippen LogP contribution < -0.4 is 4.90 Å². The van der Waals surface area contributed by atoms with Crippen molar-refractivity contribution in [1.29, 1.82) is 0 Å². The van der Waals surface area contributed by atoms with E-state index in [2.05, 4.69) is 28.8 Å². The third kappa shape index (κ3) is 2.23. The molecule has 0 amide bonds. The van der Waals surface area contributed by atoms with Crippen LogP contribution in [0.1, 0.15) is 30.3 Å². The van der Waals surface area contributed by atoms with Crippen LogP contribution in [-0.4, -0.2) is 53.3 Å². The molecule has 6 heteroatoms. The first kappa shape index (κ1) is 13.6. The number of hydrogen-bond donors (Lipinski definition) is 0. The molecule has 0 bridgehead atoms. The molecule has 3 heterocycles. The highest BCUT2D eigenvalue weighted by atomic mass is 32.1. The van der Waals surface area contributed by atoms with Gasteiger partial charge >= 0.3 is 0 Å². The van der Waals surface area contributed by atoms with E-state index < -0.39 is 0 Å². The molecule has 1 fully saturated rings. The van der Waals surface area contributed by atoms with Crippen LogP contribution >= 0.6 is 11.3 Å². The highest BCUT2D eigenvalue weighted by Gasteiger charge is 2.27. The highest BCUT2D eigenvalue weighted by Crippen LogP contribution is 2.27. The lowest BCUT2D eigenvalue weighted by atomic mass is 10.2. The van der Waals surface area contributed by atoms with Gasteiger partial charge in [0.05, 0.1) is 0 Å². The van der Waals surface area contributed by atoms with E-state index >= 15 is 0 Å². The summed E-state index contributed by atoms with van der Waals surface area (Å²) in [5.74, 6) is 0.856. The number of anilines is 1. The first-order chi connectivity index (χ1) is 9.74. The zero-order chi connectivity index (χ0) is 14.1. The maximum atomic E-state index is 11.5. The van der Waals surface area contributed by atoms with E-state index in [0.29, 0.717) is 11.7 Å². The summed E-state index contributed by atoms with van der Waals surface area (Å²) in [5.41, 5.74) is 0.684. The smallest absolute Gasteiger partial charge is 0.196 e. The van der Waals surface area contributed by atoms with Crippen LogP contribution in [0.3, 0.4) is 0 Å². The van der Waals surface area contributed by atoms with E-state index in [9.17, 15) is 4.79 Å². The summed E-state index contributed by atoms with van der Waals surface area (Å²) in [6.45, 7) is 5.30. The van der Waals surface area contributed by atoms with Crippen LogP contribution in [0.25, 0.3) is 4.96 Å². The van der Waals surface area contributed by atoms with Gasteiger partial charge < -0.3 is 9.80 Å². The zero-order valence-corrected chi connectivity index (χ0v) is 12.8. The van der Waals surface area contributed by atoms with Gasteiger partial charge in [-0.05, 0) is 26.4 Å². The monoisotopic (exact) mass is 292 g/mol. The van der Waals surface area contributed by atoms with E-state index in [1.165, 1.54) is 0 Å². The molecule has 1 aliphatic heterocycles. The first-order valence-electron chi connectivity index (χ1n) is 7.10. The van der Waals surface area contributed by atoms with Crippen LogP contribution in [0.2, 0.25) is 0 Å². The fourth-order valence-corrected chi connectivity index (χ4v) is 3.70. The highest BCUT2D eigenvalue weighted by molar-refractivity contribution is 7.15. The fourth-order valence-electron chi connectivity index (χ4n) is 2.98. The molecule has 1 saturated heterocycles. The van der Waals surface area contributed by atoms with E-state index in [0.717, 1.165) is 49.5 Å². The Labute approximate surface area is 122 Å². The third-order valence-electron chi connectivity index (χ3n) is 4.04. The quantitative estimate of drug-likeness (QED) is 0.813. The van der Waals surface area contributed by atoms with Gasteiger partial charge in [0.2, 0.25) is 0 Å². The Morgan fingerprint density at radius 1 is 1.50 bits per heavy atom. The van der Waals surface area contributed by atoms with Gasteiger partial charge in [-0.15, -0.1) is 11.3 Å². The normalized spacial score (nSPS) is 21.3. The average molecular weight is 292 g/mol. The Kier molecular flexibility index (Phi) is 3.76. The zero-order valence-electron chi connectivity index (χ0n) is 12.0. The predicted octanol–water partition coefficient (Wildman–Crippen LogP) is 2.13. The summed E-state index contributed by atoms with van der Waals surface area (Å²) in [7, 11) is 2.17. The second-order valence-corrected chi connectivity index (χ2v) is 6.24. The van der Waals surface area contributed by atoms with Crippen molar-refractivity contribution in [2.75, 3.05) is 31.6 Å². The Hall–Kier alpha value is -1.40. The van der Waals surface area contributed by atoms with Crippen molar-refractivity contribution in [3.8, 4) is 0 Å². The molecule has 2 aromatic heterocycles. The Morgan fingerprint density at radius 2 is 2.35 bits per heavy atom. The number of thiazole rings is 1. The molecular formula is C14H20N4OS. The van der Waals surface area contributed by atoms with E-state index in [-0.39, 0.29) is 0 Å². The lowest BCUT2D eigenvalue weighted by Gasteiger charge is -2.30. The number of fused-ring (bicyclic) bond motifs is 1. The minimum atomic E-state index is 0.422. The largest absolute Gasteiger partial charge is 0.350 e. The molecule has 20 heavy (non-hydrogen) atoms. The first-order valence-corrected chi connectivity index (χ1v) is 7.98. The maximum absolute atomic E-state index is 11.5. The summed E-state index contributed by atoms with van der Waals surface area (Å²) in [5, 5.41) is 1.96. The second-order valence-electron chi connectivity index (χ2n) is 5.37. The van der Waals surface area contributed by atoms with E-state index in [1.54, 1.807) is 11.3 Å². The van der Waals surface area contributed by atoms with Gasteiger partial charge in [0.25, 0.3) is 0 Å². The lowest BCUT2D eigenvalue weighted by Crippen LogP contribution is -2.40. The number of hydrogen-bond acceptors (Lipinski definition) is 5. The Morgan fingerprint density at radius 3 is 3.10 bits per heavy atom. The average Bonchev–Trinajstić information content (AvgIpc) is 2.96. The van der Waals surface area contributed by atoms with Crippen LogP contribution in [0, 0.1) is 0 Å². The number of carbonyl (C=O) groups is 1. The van der Waals surface area contributed by atoms with Crippen molar-refractivity contribution >= 4 is 28.4 Å². The molecule has 0 N–H and O–H groups in total. The van der Waals surface area contributed by atoms with Gasteiger partial charge in [0, 0.05) is 30.7 Å². The minimum absolute atomic E-state index is 0.422. The number of aldehydes is 1. The van der Waals surface area contributed by atoms with E-state index in [1.807, 2.05) is 16.0 Å². The SMILES string of the molecule is CCC1CN(C)CCCN1c1nc2sccn2c1C=O. The molecule has 1 atom stereocenters. The van der Waals surface area contributed by atoms with Gasteiger partial charge in [0.15, 0.2) is 17.1 Å². The Balaban J connectivity index is 2.03. The van der Waals surface area contributed by atoms with Crippen LogP contribution in [0.5, 0.6) is 0 Å². The van der Waals surface area contributed by atoms with Gasteiger partial charge in [-0.2, -0.15) is 0 Å². The second kappa shape index (κ2) is 5.54. The molecular weight excluding hydrogens is 272 g/mol. The molecule has 1 unspecified atom stereocenters. The molecule has 0 saturated carbocycles. The van der Waals surface area contributed by atoms with E-state index in [4.69, 9.17) is 0 Å². The van der Waals surface area contributed by atoms with Crippen LogP contribution in [0.15, 0.2) is 11.6 Å². The molecule has 0 radical (unpaired) electrons. The number of aromatic nitrogens is 2. The molecule has 108 valence electrons. The summed E-state index contributed by atoms with van der Waals surface area (Å²) in [4.78, 5) is 21.8. The topological polar surface area (TPSA) is 40.9 Å². The summed E-state index contributed by atoms with van der Waals surface area (Å²) in [6, 6.07) is 0.422. The number of imidazole rings is 1. The van der Waals surface area contributed by atoms with Gasteiger partial charge in [-0.25, -0.2) is 4.98 Å². The number of carbonyl (C=O) groups excluding carboxylic acids is 1. The van der Waals surface area contributed by atoms with Crippen molar-refractivity contribution < 1.29 is 4.79 Å². The van der Waals surface area contributed by atoms with Gasteiger partial charge in [-0.1, -0.05) is 6.92 Å².